The third kappa shape index (κ3) is 6.76. The first-order chi connectivity index (χ1) is 17.5. The number of carbonyl (C=O) groups is 3. The number of piperidine rings is 1. The summed E-state index contributed by atoms with van der Waals surface area (Å²) in [6.07, 6.45) is 0.335. The third-order valence-electron chi connectivity index (χ3n) is 5.40. The Balaban J connectivity index is 1.42. The standard InChI is InChI=1S/C25H27FN4O6S/c1-14-21(34-16-7-5-6-15(10-16)11-19-20(31)29-23(32)37-19)27-13-28-22(14)35-18-8-9-30(12-17(18)26)24(33)36-25(2,3)4/h5-7,10-11,13,17-18H,8-9,12H2,1-4H3,(H,29,31,32)/b19-11-/t17-,18+/m1/s1. The third-order valence-corrected chi connectivity index (χ3v) is 6.21. The summed E-state index contributed by atoms with van der Waals surface area (Å²) < 4.78 is 32.0. The molecule has 12 heteroatoms. The highest BCUT2D eigenvalue weighted by Gasteiger charge is 2.35. The Kier molecular flexibility index (Phi) is 7.67. The van der Waals surface area contributed by atoms with Gasteiger partial charge in [-0.15, -0.1) is 0 Å². The number of carbonyl (C=O) groups excluding carboxylic acids is 3. The fourth-order valence-electron chi connectivity index (χ4n) is 3.64. The first-order valence-corrected chi connectivity index (χ1v) is 12.4. The predicted octanol–water partition coefficient (Wildman–Crippen LogP) is 4.63. The SMILES string of the molecule is Cc1c(Oc2cccc(/C=C3\SC(=O)NC3=O)c2)ncnc1O[C@H]1CCN(C(=O)OC(C)(C)C)C[C@H]1F. The monoisotopic (exact) mass is 530 g/mol. The molecule has 0 spiro atoms. The van der Waals surface area contributed by atoms with Crippen molar-refractivity contribution in [2.75, 3.05) is 13.1 Å². The number of alkyl halides is 1. The van der Waals surface area contributed by atoms with Crippen LogP contribution < -0.4 is 14.8 Å². The molecule has 10 nitrogen and oxygen atoms in total. The molecule has 3 amide bonds. The number of benzene rings is 1. The number of likely N-dealkylation sites (tertiary alicyclic amines) is 1. The molecule has 37 heavy (non-hydrogen) atoms. The van der Waals surface area contributed by atoms with Crippen LogP contribution >= 0.6 is 11.8 Å². The van der Waals surface area contributed by atoms with E-state index in [0.29, 0.717) is 16.9 Å². The van der Waals surface area contributed by atoms with E-state index in [1.807, 2.05) is 0 Å². The molecule has 0 bridgehead atoms. The van der Waals surface area contributed by atoms with Crippen molar-refractivity contribution in [3.05, 3.63) is 46.6 Å². The van der Waals surface area contributed by atoms with Gasteiger partial charge in [0.2, 0.25) is 11.8 Å². The van der Waals surface area contributed by atoms with Crippen LogP contribution in [-0.2, 0) is 9.53 Å². The van der Waals surface area contributed by atoms with E-state index in [9.17, 15) is 18.8 Å². The van der Waals surface area contributed by atoms with Crippen LogP contribution in [0.2, 0.25) is 0 Å². The van der Waals surface area contributed by atoms with Crippen molar-refractivity contribution in [1.82, 2.24) is 20.2 Å². The van der Waals surface area contributed by atoms with Crippen molar-refractivity contribution in [1.29, 1.82) is 0 Å². The van der Waals surface area contributed by atoms with Gasteiger partial charge in [0.05, 0.1) is 17.0 Å². The molecule has 0 radical (unpaired) electrons. The summed E-state index contributed by atoms with van der Waals surface area (Å²) in [7, 11) is 0. The van der Waals surface area contributed by atoms with Gasteiger partial charge in [-0.3, -0.25) is 14.9 Å². The van der Waals surface area contributed by atoms with Crippen molar-refractivity contribution in [2.24, 2.45) is 0 Å². The topological polar surface area (TPSA) is 120 Å². The van der Waals surface area contributed by atoms with Crippen LogP contribution in [0.15, 0.2) is 35.5 Å². The average Bonchev–Trinajstić information content (AvgIpc) is 3.13. The molecular formula is C25H27FN4O6S. The van der Waals surface area contributed by atoms with Gasteiger partial charge in [0.1, 0.15) is 23.8 Å². The molecule has 0 unspecified atom stereocenters. The highest BCUT2D eigenvalue weighted by molar-refractivity contribution is 8.18. The van der Waals surface area contributed by atoms with E-state index in [4.69, 9.17) is 14.2 Å². The zero-order valence-corrected chi connectivity index (χ0v) is 21.6. The number of hydrogen-bond donors (Lipinski definition) is 1. The van der Waals surface area contributed by atoms with Crippen LogP contribution in [0, 0.1) is 6.92 Å². The molecule has 0 saturated carbocycles. The van der Waals surface area contributed by atoms with Crippen molar-refractivity contribution < 1.29 is 33.0 Å². The maximum Gasteiger partial charge on any atom is 0.410 e. The number of thioether (sulfide) groups is 1. The normalized spacial score (nSPS) is 21.1. The highest BCUT2D eigenvalue weighted by atomic mass is 32.2. The van der Waals surface area contributed by atoms with E-state index < -0.39 is 35.1 Å². The summed E-state index contributed by atoms with van der Waals surface area (Å²) in [4.78, 5) is 45.4. The lowest BCUT2D eigenvalue weighted by Gasteiger charge is -2.35. The number of nitrogens with one attached hydrogen (secondary N) is 1. The summed E-state index contributed by atoms with van der Waals surface area (Å²) in [6, 6.07) is 6.90. The van der Waals surface area contributed by atoms with Gasteiger partial charge in [-0.25, -0.2) is 19.2 Å². The Labute approximate surface area is 217 Å². The molecule has 2 aliphatic rings. The highest BCUT2D eigenvalue weighted by Crippen LogP contribution is 2.31. The number of hydrogen-bond acceptors (Lipinski definition) is 9. The Morgan fingerprint density at radius 3 is 2.68 bits per heavy atom. The number of aromatic nitrogens is 2. The molecule has 196 valence electrons. The minimum atomic E-state index is -1.43. The number of rotatable bonds is 5. The zero-order chi connectivity index (χ0) is 26.7. The molecule has 1 aromatic carbocycles. The van der Waals surface area contributed by atoms with Crippen LogP contribution in [0.25, 0.3) is 6.08 Å². The Morgan fingerprint density at radius 1 is 1.24 bits per heavy atom. The largest absolute Gasteiger partial charge is 0.471 e. The van der Waals surface area contributed by atoms with Gasteiger partial charge < -0.3 is 19.1 Å². The summed E-state index contributed by atoms with van der Waals surface area (Å²) in [5.41, 5.74) is 0.471. The second-order valence-corrected chi connectivity index (χ2v) is 10.5. The first-order valence-electron chi connectivity index (χ1n) is 11.6. The van der Waals surface area contributed by atoms with Gasteiger partial charge >= 0.3 is 6.09 Å². The number of halogens is 1. The molecule has 3 heterocycles. The van der Waals surface area contributed by atoms with E-state index in [2.05, 4.69) is 15.3 Å². The number of ether oxygens (including phenoxy) is 3. The number of imide groups is 1. The van der Waals surface area contributed by atoms with Crippen molar-refractivity contribution in [3.63, 3.8) is 0 Å². The predicted molar refractivity (Wildman–Crippen MR) is 134 cm³/mol. The second kappa shape index (κ2) is 10.8. The smallest absolute Gasteiger partial charge is 0.410 e. The van der Waals surface area contributed by atoms with E-state index in [0.717, 1.165) is 11.8 Å². The van der Waals surface area contributed by atoms with Crippen LogP contribution in [0.4, 0.5) is 14.0 Å². The zero-order valence-electron chi connectivity index (χ0n) is 20.8. The minimum Gasteiger partial charge on any atom is -0.471 e. The van der Waals surface area contributed by atoms with Crippen LogP contribution in [0.1, 0.15) is 38.3 Å². The van der Waals surface area contributed by atoms with Gasteiger partial charge in [0.15, 0.2) is 6.17 Å². The van der Waals surface area contributed by atoms with Gasteiger partial charge in [0, 0.05) is 13.0 Å². The molecule has 2 aromatic rings. The second-order valence-electron chi connectivity index (χ2n) is 9.52. The van der Waals surface area contributed by atoms with E-state index in [1.165, 1.54) is 11.2 Å². The van der Waals surface area contributed by atoms with Crippen molar-refractivity contribution in [2.45, 2.75) is 52.0 Å². The molecular weight excluding hydrogens is 503 g/mol. The van der Waals surface area contributed by atoms with E-state index >= 15 is 0 Å². The fraction of sp³-hybridized carbons (Fsp3) is 0.400. The van der Waals surface area contributed by atoms with Crippen molar-refractivity contribution in [3.8, 4) is 17.5 Å². The summed E-state index contributed by atoms with van der Waals surface area (Å²) in [5.74, 6) is 0.391. The lowest BCUT2D eigenvalue weighted by molar-refractivity contribution is -0.115. The molecule has 4 rings (SSSR count). The summed E-state index contributed by atoms with van der Waals surface area (Å²) in [5, 5.41) is 1.79. The minimum absolute atomic E-state index is 0.142. The van der Waals surface area contributed by atoms with E-state index in [-0.39, 0.29) is 36.2 Å². The molecule has 0 aliphatic carbocycles. The molecule has 2 atom stereocenters. The maximum atomic E-state index is 14.9. The molecule has 2 fully saturated rings. The Bertz CT molecular complexity index is 1250. The number of nitrogens with zero attached hydrogens (tertiary/aromatic N) is 3. The lowest BCUT2D eigenvalue weighted by atomic mass is 10.1. The van der Waals surface area contributed by atoms with Crippen molar-refractivity contribution >= 4 is 35.1 Å². The lowest BCUT2D eigenvalue weighted by Crippen LogP contribution is -2.50. The fourth-order valence-corrected chi connectivity index (χ4v) is 4.33. The van der Waals surface area contributed by atoms with Crippen LogP contribution in [-0.4, -0.2) is 63.1 Å². The molecule has 1 N–H and O–H groups in total. The average molecular weight is 531 g/mol. The van der Waals surface area contributed by atoms with Gasteiger partial charge in [-0.1, -0.05) is 12.1 Å². The van der Waals surface area contributed by atoms with Crippen LogP contribution in [0.5, 0.6) is 17.5 Å². The quantitative estimate of drug-likeness (QED) is 0.552. The molecule has 1 aromatic heterocycles. The maximum absolute atomic E-state index is 14.9. The molecule has 2 saturated heterocycles. The van der Waals surface area contributed by atoms with Gasteiger partial charge in [-0.05, 0) is 63.2 Å². The van der Waals surface area contributed by atoms with Gasteiger partial charge in [-0.2, -0.15) is 0 Å². The van der Waals surface area contributed by atoms with Gasteiger partial charge in [0.25, 0.3) is 11.1 Å². The summed E-state index contributed by atoms with van der Waals surface area (Å²) in [6.45, 7) is 7.12. The van der Waals surface area contributed by atoms with Crippen LogP contribution in [0.3, 0.4) is 0 Å². The first kappa shape index (κ1) is 26.4. The number of amides is 3. The molecule has 2 aliphatic heterocycles. The Morgan fingerprint density at radius 2 is 2.00 bits per heavy atom. The Hall–Kier alpha value is -3.67. The van der Waals surface area contributed by atoms with E-state index in [1.54, 1.807) is 58.0 Å². The summed E-state index contributed by atoms with van der Waals surface area (Å²) >= 11 is 0.827.